The lowest BCUT2D eigenvalue weighted by Gasteiger charge is -2.18. The maximum atomic E-state index is 4.53. The monoisotopic (exact) mass is 239 g/mol. The summed E-state index contributed by atoms with van der Waals surface area (Å²) < 4.78 is 0. The number of hydrogen-bond donors (Lipinski definition) is 1. The van der Waals surface area contributed by atoms with E-state index in [1.165, 1.54) is 22.3 Å². The molecule has 1 aliphatic rings. The van der Waals surface area contributed by atoms with Crippen LogP contribution in [0.25, 0.3) is 11.1 Å². The molecule has 0 spiro atoms. The number of hydrogen-bond acceptors (Lipinski definition) is 2. The molecule has 0 saturated heterocycles. The lowest BCUT2D eigenvalue weighted by atomic mass is 9.89. The molecule has 0 amide bonds. The highest BCUT2D eigenvalue weighted by atomic mass is 15.1. The van der Waals surface area contributed by atoms with Crippen LogP contribution in [0.1, 0.15) is 29.4 Å². The van der Waals surface area contributed by atoms with Crippen LogP contribution < -0.4 is 0 Å². The topological polar surface area (TPSA) is 41.0 Å². The highest BCUT2D eigenvalue weighted by Gasteiger charge is 2.18. The predicted octanol–water partition coefficient (Wildman–Crippen LogP) is 3.06. The third kappa shape index (κ3) is 1.58. The summed E-state index contributed by atoms with van der Waals surface area (Å²) >= 11 is 0. The number of nitrogens with one attached hydrogen (secondary N) is 1. The van der Waals surface area contributed by atoms with Gasteiger partial charge in [-0.2, -0.15) is 5.10 Å². The minimum Gasteiger partial charge on any atom is -0.289 e. The van der Waals surface area contributed by atoms with Gasteiger partial charge in [-0.15, -0.1) is 0 Å². The zero-order valence-corrected chi connectivity index (χ0v) is 11.0. The molecule has 1 N–H and O–H groups in total. The second-order valence-corrected chi connectivity index (χ2v) is 4.86. The molecule has 2 heterocycles. The van der Waals surface area contributed by atoms with Crippen molar-refractivity contribution in [2.24, 2.45) is 4.99 Å². The van der Waals surface area contributed by atoms with E-state index in [4.69, 9.17) is 0 Å². The first-order chi connectivity index (χ1) is 8.68. The average Bonchev–Trinajstić information content (AvgIpc) is 2.69. The molecule has 1 aliphatic heterocycles. The summed E-state index contributed by atoms with van der Waals surface area (Å²) in [7, 11) is 0. The number of rotatable bonds is 1. The van der Waals surface area contributed by atoms with Crippen molar-refractivity contribution in [1.29, 1.82) is 0 Å². The Balaban J connectivity index is 2.26. The SMILES string of the molecule is CC1=NCCc2c1cccc2-c1c(C)n[nH]c1C. The Hall–Kier alpha value is -1.90. The zero-order chi connectivity index (χ0) is 12.7. The van der Waals surface area contributed by atoms with Crippen LogP contribution >= 0.6 is 0 Å². The quantitative estimate of drug-likeness (QED) is 0.816. The first-order valence-electron chi connectivity index (χ1n) is 6.33. The van der Waals surface area contributed by atoms with Gasteiger partial charge in [0.2, 0.25) is 0 Å². The second kappa shape index (κ2) is 4.09. The summed E-state index contributed by atoms with van der Waals surface area (Å²) in [4.78, 5) is 4.53. The fraction of sp³-hybridized carbons (Fsp3) is 0.333. The highest BCUT2D eigenvalue weighted by molar-refractivity contribution is 6.02. The smallest absolute Gasteiger partial charge is 0.0672 e. The zero-order valence-electron chi connectivity index (χ0n) is 11.0. The summed E-state index contributed by atoms with van der Waals surface area (Å²) in [6, 6.07) is 6.48. The number of aliphatic imine (C=N–C) groups is 1. The van der Waals surface area contributed by atoms with E-state index in [0.717, 1.165) is 30.1 Å². The van der Waals surface area contributed by atoms with Crippen molar-refractivity contribution in [2.45, 2.75) is 27.2 Å². The molecule has 0 fully saturated rings. The van der Waals surface area contributed by atoms with Gasteiger partial charge in [0, 0.05) is 23.5 Å². The third-order valence-electron chi connectivity index (χ3n) is 3.67. The number of benzene rings is 1. The van der Waals surface area contributed by atoms with Crippen LogP contribution in [0.2, 0.25) is 0 Å². The van der Waals surface area contributed by atoms with Crippen LogP contribution in [0.3, 0.4) is 0 Å². The number of aryl methyl sites for hydroxylation is 2. The third-order valence-corrected chi connectivity index (χ3v) is 3.67. The van der Waals surface area contributed by atoms with E-state index in [2.05, 4.69) is 54.2 Å². The van der Waals surface area contributed by atoms with Gasteiger partial charge in [-0.3, -0.25) is 10.1 Å². The van der Waals surface area contributed by atoms with Crippen LogP contribution in [0.5, 0.6) is 0 Å². The number of H-pyrrole nitrogens is 1. The fourth-order valence-electron chi connectivity index (χ4n) is 2.80. The molecule has 0 aliphatic carbocycles. The lowest BCUT2D eigenvalue weighted by Crippen LogP contribution is -2.11. The Kier molecular flexibility index (Phi) is 2.54. The summed E-state index contributed by atoms with van der Waals surface area (Å²) in [5.74, 6) is 0. The molecule has 3 nitrogen and oxygen atoms in total. The van der Waals surface area contributed by atoms with E-state index in [0.29, 0.717) is 0 Å². The summed E-state index contributed by atoms with van der Waals surface area (Å²) in [6.07, 6.45) is 1.02. The van der Waals surface area contributed by atoms with E-state index < -0.39 is 0 Å². The Bertz CT molecular complexity index is 616. The average molecular weight is 239 g/mol. The molecule has 0 bridgehead atoms. The normalized spacial score (nSPS) is 14.3. The van der Waals surface area contributed by atoms with Crippen molar-refractivity contribution >= 4 is 5.71 Å². The van der Waals surface area contributed by atoms with Crippen molar-refractivity contribution in [3.63, 3.8) is 0 Å². The van der Waals surface area contributed by atoms with Gasteiger partial charge in [-0.1, -0.05) is 18.2 Å². The fourth-order valence-corrected chi connectivity index (χ4v) is 2.80. The standard InChI is InChI=1S/C15H17N3/c1-9-12-5-4-6-14(13(12)7-8-16-9)15-10(2)17-18-11(15)3/h4-6H,7-8H2,1-3H3,(H,17,18). The number of aromatic nitrogens is 2. The largest absolute Gasteiger partial charge is 0.289 e. The van der Waals surface area contributed by atoms with Crippen LogP contribution in [0.15, 0.2) is 23.2 Å². The van der Waals surface area contributed by atoms with E-state index >= 15 is 0 Å². The van der Waals surface area contributed by atoms with Crippen molar-refractivity contribution < 1.29 is 0 Å². The van der Waals surface area contributed by atoms with E-state index in [1.807, 2.05) is 0 Å². The van der Waals surface area contributed by atoms with Crippen LogP contribution in [-0.2, 0) is 6.42 Å². The van der Waals surface area contributed by atoms with Gasteiger partial charge in [-0.25, -0.2) is 0 Å². The molecule has 0 unspecified atom stereocenters. The molecule has 0 radical (unpaired) electrons. The van der Waals surface area contributed by atoms with Gasteiger partial charge < -0.3 is 0 Å². The first kappa shape index (κ1) is 11.2. The molecule has 0 atom stereocenters. The van der Waals surface area contributed by atoms with Gasteiger partial charge in [0.25, 0.3) is 0 Å². The summed E-state index contributed by atoms with van der Waals surface area (Å²) in [6.45, 7) is 7.13. The molecule has 1 aromatic heterocycles. The second-order valence-electron chi connectivity index (χ2n) is 4.86. The first-order valence-corrected chi connectivity index (χ1v) is 6.33. The van der Waals surface area contributed by atoms with Gasteiger partial charge in [0.15, 0.2) is 0 Å². The van der Waals surface area contributed by atoms with Gasteiger partial charge in [-0.05, 0) is 43.9 Å². The van der Waals surface area contributed by atoms with Crippen LogP contribution in [0.4, 0.5) is 0 Å². The Morgan fingerprint density at radius 3 is 2.61 bits per heavy atom. The molecule has 92 valence electrons. The Labute approximate surface area is 107 Å². The molecular formula is C15H17N3. The van der Waals surface area contributed by atoms with E-state index in [1.54, 1.807) is 0 Å². The van der Waals surface area contributed by atoms with Crippen molar-refractivity contribution in [2.75, 3.05) is 6.54 Å². The molecule has 2 aromatic rings. The van der Waals surface area contributed by atoms with Crippen molar-refractivity contribution in [1.82, 2.24) is 10.2 Å². The van der Waals surface area contributed by atoms with Gasteiger partial charge >= 0.3 is 0 Å². The minimum atomic E-state index is 0.895. The van der Waals surface area contributed by atoms with Gasteiger partial charge in [0.05, 0.1) is 5.69 Å². The molecule has 3 rings (SSSR count). The predicted molar refractivity (Wildman–Crippen MR) is 74.3 cm³/mol. The molecule has 1 aromatic carbocycles. The van der Waals surface area contributed by atoms with Crippen molar-refractivity contribution in [3.8, 4) is 11.1 Å². The summed E-state index contributed by atoms with van der Waals surface area (Å²) in [5.41, 5.74) is 8.63. The van der Waals surface area contributed by atoms with Gasteiger partial charge in [0.1, 0.15) is 0 Å². The number of nitrogens with zero attached hydrogens (tertiary/aromatic N) is 2. The van der Waals surface area contributed by atoms with Crippen molar-refractivity contribution in [3.05, 3.63) is 40.7 Å². The maximum absolute atomic E-state index is 4.53. The summed E-state index contributed by atoms with van der Waals surface area (Å²) in [5, 5.41) is 7.38. The Morgan fingerprint density at radius 2 is 1.89 bits per heavy atom. The van der Waals surface area contributed by atoms with Crippen LogP contribution in [-0.4, -0.2) is 22.5 Å². The molecule has 0 saturated carbocycles. The molecule has 18 heavy (non-hydrogen) atoms. The van der Waals surface area contributed by atoms with Crippen LogP contribution in [0, 0.1) is 13.8 Å². The van der Waals surface area contributed by atoms with E-state index in [9.17, 15) is 0 Å². The maximum Gasteiger partial charge on any atom is 0.0672 e. The Morgan fingerprint density at radius 1 is 1.11 bits per heavy atom. The lowest BCUT2D eigenvalue weighted by molar-refractivity contribution is 0.943. The van der Waals surface area contributed by atoms with E-state index in [-0.39, 0.29) is 0 Å². The highest BCUT2D eigenvalue weighted by Crippen LogP contribution is 2.32. The minimum absolute atomic E-state index is 0.895. The number of aromatic amines is 1. The molecule has 3 heteroatoms. The number of fused-ring (bicyclic) bond motifs is 1. The molecular weight excluding hydrogens is 222 g/mol.